The molecule has 0 fully saturated rings. The number of ether oxygens (including phenoxy) is 4. The smallest absolute Gasteiger partial charge is 0.423 e. The number of aromatic nitrogens is 5. The van der Waals surface area contributed by atoms with Gasteiger partial charge in [-0.15, -0.1) is 13.2 Å². The maximum atomic E-state index is 12.4. The van der Waals surface area contributed by atoms with Gasteiger partial charge < -0.3 is 38.9 Å². The van der Waals surface area contributed by atoms with Crippen molar-refractivity contribution in [2.75, 3.05) is 45.0 Å². The van der Waals surface area contributed by atoms with E-state index in [1.54, 1.807) is 29.1 Å². The van der Waals surface area contributed by atoms with Crippen LogP contribution in [-0.4, -0.2) is 87.5 Å². The Kier molecular flexibility index (Phi) is 11.2. The van der Waals surface area contributed by atoms with E-state index in [0.29, 0.717) is 75.4 Å². The molecule has 16 heteroatoms. The Balaban J connectivity index is 0.939. The topological polar surface area (TPSA) is 138 Å². The molecular formula is C30H32BF3N6O6. The maximum Gasteiger partial charge on any atom is 0.573 e. The molecule has 0 aliphatic rings. The average Bonchev–Trinajstić information content (AvgIpc) is 3.67. The van der Waals surface area contributed by atoms with Crippen LogP contribution in [0.2, 0.25) is 0 Å². The third-order valence-electron chi connectivity index (χ3n) is 6.73. The normalized spacial score (nSPS) is 11.7. The molecule has 0 aliphatic heterocycles. The Morgan fingerprint density at radius 3 is 2.26 bits per heavy atom. The van der Waals surface area contributed by atoms with Crippen molar-refractivity contribution < 1.29 is 42.2 Å². The van der Waals surface area contributed by atoms with Crippen molar-refractivity contribution in [3.8, 4) is 17.0 Å². The Morgan fingerprint density at radius 1 is 0.826 bits per heavy atom. The molecule has 3 N–H and O–H groups in total. The van der Waals surface area contributed by atoms with E-state index in [1.165, 1.54) is 30.6 Å². The van der Waals surface area contributed by atoms with Gasteiger partial charge in [-0.05, 0) is 47.2 Å². The van der Waals surface area contributed by atoms with Crippen molar-refractivity contribution in [3.63, 3.8) is 0 Å². The monoisotopic (exact) mass is 640 g/mol. The average molecular weight is 640 g/mol. The lowest BCUT2D eigenvalue weighted by atomic mass is 9.80. The zero-order chi connectivity index (χ0) is 32.4. The molecule has 242 valence electrons. The number of anilines is 2. The SMILES string of the molecule is OB(O)c1ccc2c(ccn2CCOCCOCCOCCn2cc(-c3cc(Nc4ccc(OC(F)(F)F)cc4)ncn3)cn2)c1. The number of hydrogen-bond acceptors (Lipinski definition) is 10. The van der Waals surface area contributed by atoms with Crippen molar-refractivity contribution >= 4 is 35.0 Å². The summed E-state index contributed by atoms with van der Waals surface area (Å²) in [6, 6.07) is 14.3. The predicted molar refractivity (Wildman–Crippen MR) is 164 cm³/mol. The first-order valence-electron chi connectivity index (χ1n) is 14.4. The summed E-state index contributed by atoms with van der Waals surface area (Å²) in [6.45, 7) is 3.92. The predicted octanol–water partition coefficient (Wildman–Crippen LogP) is 3.37. The molecule has 0 aliphatic carbocycles. The Morgan fingerprint density at radius 2 is 1.54 bits per heavy atom. The molecule has 46 heavy (non-hydrogen) atoms. The highest BCUT2D eigenvalue weighted by molar-refractivity contribution is 6.58. The summed E-state index contributed by atoms with van der Waals surface area (Å²) in [6.07, 6.45) is 2.09. The second kappa shape index (κ2) is 15.7. The first-order valence-corrected chi connectivity index (χ1v) is 14.4. The number of alkyl halides is 3. The van der Waals surface area contributed by atoms with Crippen LogP contribution >= 0.6 is 0 Å². The second-order valence-corrected chi connectivity index (χ2v) is 10.0. The minimum absolute atomic E-state index is 0.311. The summed E-state index contributed by atoms with van der Waals surface area (Å²) in [7, 11) is -1.49. The third kappa shape index (κ3) is 9.76. The van der Waals surface area contributed by atoms with Crippen molar-refractivity contribution in [2.45, 2.75) is 19.5 Å². The van der Waals surface area contributed by atoms with Gasteiger partial charge in [-0.25, -0.2) is 9.97 Å². The van der Waals surface area contributed by atoms with E-state index in [2.05, 4.69) is 29.7 Å². The highest BCUT2D eigenvalue weighted by Crippen LogP contribution is 2.26. The Labute approximate surface area is 262 Å². The van der Waals surface area contributed by atoms with Crippen LogP contribution in [0.25, 0.3) is 22.2 Å². The summed E-state index contributed by atoms with van der Waals surface area (Å²) in [4.78, 5) is 8.45. The van der Waals surface area contributed by atoms with Gasteiger partial charge >= 0.3 is 13.5 Å². The molecule has 0 unspecified atom stereocenters. The summed E-state index contributed by atoms with van der Waals surface area (Å²) in [5.41, 5.74) is 3.38. The largest absolute Gasteiger partial charge is 0.573 e. The molecule has 3 heterocycles. The van der Waals surface area contributed by atoms with Gasteiger partial charge in [-0.2, -0.15) is 5.10 Å². The standard InChI is InChI=1S/C30H32BF3N6O6/c32-30(33,34)46-26-4-2-25(3-5-26)38-29-18-27(35-21-36-29)23-19-37-40(20-23)10-12-44-14-16-45-15-13-43-11-9-39-8-7-22-17-24(31(41)42)1-6-28(22)39/h1-8,17-21,41-42H,9-16H2,(H,35,36,38). The lowest BCUT2D eigenvalue weighted by Crippen LogP contribution is -2.29. The van der Waals surface area contributed by atoms with Gasteiger partial charge in [0.25, 0.3) is 0 Å². The molecule has 3 aromatic heterocycles. The van der Waals surface area contributed by atoms with E-state index in [0.717, 1.165) is 16.5 Å². The quantitative estimate of drug-likeness (QED) is 0.103. The fourth-order valence-corrected chi connectivity index (χ4v) is 4.53. The Bertz CT molecular complexity index is 1680. The van der Waals surface area contributed by atoms with Crippen LogP contribution in [0.3, 0.4) is 0 Å². The molecule has 0 bridgehead atoms. The molecule has 0 spiro atoms. The van der Waals surface area contributed by atoms with E-state index in [-0.39, 0.29) is 5.75 Å². The lowest BCUT2D eigenvalue weighted by Gasteiger charge is -2.10. The molecule has 2 aromatic carbocycles. The number of hydrogen-bond donors (Lipinski definition) is 3. The fourth-order valence-electron chi connectivity index (χ4n) is 4.53. The van der Waals surface area contributed by atoms with Crippen LogP contribution < -0.4 is 15.5 Å². The zero-order valence-corrected chi connectivity index (χ0v) is 24.6. The lowest BCUT2D eigenvalue weighted by molar-refractivity contribution is -0.274. The van der Waals surface area contributed by atoms with Crippen LogP contribution in [0.4, 0.5) is 24.7 Å². The highest BCUT2D eigenvalue weighted by atomic mass is 19.4. The van der Waals surface area contributed by atoms with Crippen molar-refractivity contribution in [3.05, 3.63) is 79.5 Å². The van der Waals surface area contributed by atoms with Crippen molar-refractivity contribution in [1.29, 1.82) is 0 Å². The summed E-state index contributed by atoms with van der Waals surface area (Å²) >= 11 is 0. The molecule has 0 saturated heterocycles. The molecule has 5 aromatic rings. The Hall–Kier alpha value is -4.48. The molecule has 5 rings (SSSR count). The minimum atomic E-state index is -4.75. The van der Waals surface area contributed by atoms with E-state index in [1.807, 2.05) is 24.5 Å². The first kappa shape index (κ1) is 32.9. The van der Waals surface area contributed by atoms with Crippen LogP contribution in [-0.2, 0) is 27.3 Å². The van der Waals surface area contributed by atoms with E-state index >= 15 is 0 Å². The zero-order valence-electron chi connectivity index (χ0n) is 24.6. The van der Waals surface area contributed by atoms with Gasteiger partial charge in [0.05, 0.1) is 58.1 Å². The van der Waals surface area contributed by atoms with Crippen molar-refractivity contribution in [2.24, 2.45) is 0 Å². The summed E-state index contributed by atoms with van der Waals surface area (Å²) in [5, 5.41) is 27.0. The van der Waals surface area contributed by atoms with Crippen LogP contribution in [0, 0.1) is 0 Å². The van der Waals surface area contributed by atoms with Gasteiger partial charge in [-0.1, -0.05) is 12.1 Å². The number of nitrogens with zero attached hydrogens (tertiary/aromatic N) is 5. The van der Waals surface area contributed by atoms with Gasteiger partial charge in [0.1, 0.15) is 17.9 Å². The highest BCUT2D eigenvalue weighted by Gasteiger charge is 2.31. The molecule has 0 radical (unpaired) electrons. The van der Waals surface area contributed by atoms with Crippen molar-refractivity contribution in [1.82, 2.24) is 24.3 Å². The van der Waals surface area contributed by atoms with Crippen LogP contribution in [0.15, 0.2) is 79.5 Å². The third-order valence-corrected chi connectivity index (χ3v) is 6.73. The molecule has 0 amide bonds. The van der Waals surface area contributed by atoms with E-state index in [9.17, 15) is 23.2 Å². The molecular weight excluding hydrogens is 608 g/mol. The van der Waals surface area contributed by atoms with Crippen LogP contribution in [0.1, 0.15) is 0 Å². The van der Waals surface area contributed by atoms with E-state index in [4.69, 9.17) is 14.2 Å². The number of nitrogens with one attached hydrogen (secondary N) is 1. The number of benzene rings is 2. The van der Waals surface area contributed by atoms with Gasteiger partial charge in [0, 0.05) is 41.8 Å². The van der Waals surface area contributed by atoms with E-state index < -0.39 is 13.5 Å². The molecule has 0 atom stereocenters. The first-order chi connectivity index (χ1) is 22.2. The summed E-state index contributed by atoms with van der Waals surface area (Å²) < 4.78 is 61.7. The van der Waals surface area contributed by atoms with Crippen LogP contribution in [0.5, 0.6) is 5.75 Å². The van der Waals surface area contributed by atoms with Gasteiger partial charge in [0.2, 0.25) is 0 Å². The number of fused-ring (bicyclic) bond motifs is 1. The van der Waals surface area contributed by atoms with Gasteiger partial charge in [-0.3, -0.25) is 4.68 Å². The summed E-state index contributed by atoms with van der Waals surface area (Å²) in [5.74, 6) is 0.152. The molecule has 12 nitrogen and oxygen atoms in total. The van der Waals surface area contributed by atoms with Gasteiger partial charge in [0.15, 0.2) is 0 Å². The number of halogens is 3. The minimum Gasteiger partial charge on any atom is -0.423 e. The fraction of sp³-hybridized carbons (Fsp3) is 0.300. The second-order valence-electron chi connectivity index (χ2n) is 10.0. The number of rotatable bonds is 17. The molecule has 0 saturated carbocycles. The maximum absolute atomic E-state index is 12.4.